The fraction of sp³-hybridized carbons (Fsp3) is 0.688. The smallest absolute Gasteiger partial charge is 0.219 e. The van der Waals surface area contributed by atoms with Crippen LogP contribution in [0.15, 0.2) is 12.1 Å². The molecule has 3 heterocycles. The van der Waals surface area contributed by atoms with Gasteiger partial charge in [-0.1, -0.05) is 0 Å². The van der Waals surface area contributed by atoms with E-state index in [1.54, 1.807) is 6.92 Å². The second-order valence-corrected chi connectivity index (χ2v) is 6.30. The molecule has 0 bridgehead atoms. The normalized spacial score (nSPS) is 19.7. The van der Waals surface area contributed by atoms with Crippen LogP contribution in [0, 0.1) is 0 Å². The number of nitrogens with zero attached hydrogens (tertiary/aromatic N) is 6. The van der Waals surface area contributed by atoms with E-state index in [0.29, 0.717) is 0 Å². The molecular formula is C16H26N6O2. The highest BCUT2D eigenvalue weighted by atomic mass is 16.3. The SMILES string of the molecule is CC(=O)N1CCN(c2ccc(N3CCN(CCO)CC3)nn2)CC1. The van der Waals surface area contributed by atoms with Gasteiger partial charge in [-0.15, -0.1) is 10.2 Å². The van der Waals surface area contributed by atoms with Gasteiger partial charge in [-0.3, -0.25) is 9.69 Å². The standard InChI is InChI=1S/C16H26N6O2/c1-14(24)20-8-10-22(11-9-20)16-3-2-15(17-18-16)21-6-4-19(5-7-21)12-13-23/h2-3,23H,4-13H2,1H3. The van der Waals surface area contributed by atoms with Crippen molar-refractivity contribution in [2.45, 2.75) is 6.92 Å². The van der Waals surface area contributed by atoms with Crippen molar-refractivity contribution in [1.82, 2.24) is 20.0 Å². The Balaban J connectivity index is 1.54. The van der Waals surface area contributed by atoms with E-state index in [1.807, 2.05) is 17.0 Å². The molecular weight excluding hydrogens is 308 g/mol. The topological polar surface area (TPSA) is 76.0 Å². The molecule has 0 spiro atoms. The molecule has 24 heavy (non-hydrogen) atoms. The van der Waals surface area contributed by atoms with Gasteiger partial charge in [-0.2, -0.15) is 0 Å². The van der Waals surface area contributed by atoms with Gasteiger partial charge in [0.25, 0.3) is 0 Å². The molecule has 1 amide bonds. The van der Waals surface area contributed by atoms with Crippen LogP contribution in [0.5, 0.6) is 0 Å². The average molecular weight is 334 g/mol. The van der Waals surface area contributed by atoms with Crippen molar-refractivity contribution in [1.29, 1.82) is 0 Å². The van der Waals surface area contributed by atoms with Crippen LogP contribution in [0.4, 0.5) is 11.6 Å². The molecule has 2 aliphatic rings. The molecule has 0 atom stereocenters. The van der Waals surface area contributed by atoms with Gasteiger partial charge in [0, 0.05) is 65.8 Å². The second-order valence-electron chi connectivity index (χ2n) is 6.30. The highest BCUT2D eigenvalue weighted by molar-refractivity contribution is 5.73. The molecule has 3 rings (SSSR count). The van der Waals surface area contributed by atoms with Crippen LogP contribution in [0.2, 0.25) is 0 Å². The molecule has 2 saturated heterocycles. The van der Waals surface area contributed by atoms with Crippen LogP contribution >= 0.6 is 0 Å². The summed E-state index contributed by atoms with van der Waals surface area (Å²) in [5.74, 6) is 1.92. The first-order valence-corrected chi connectivity index (χ1v) is 8.60. The average Bonchev–Trinajstić information content (AvgIpc) is 2.63. The summed E-state index contributed by atoms with van der Waals surface area (Å²) in [5, 5.41) is 17.8. The van der Waals surface area contributed by atoms with Gasteiger partial charge in [-0.25, -0.2) is 0 Å². The van der Waals surface area contributed by atoms with E-state index in [-0.39, 0.29) is 12.5 Å². The summed E-state index contributed by atoms with van der Waals surface area (Å²) in [7, 11) is 0. The lowest BCUT2D eigenvalue weighted by Crippen LogP contribution is -2.48. The number of aliphatic hydroxyl groups excluding tert-OH is 1. The van der Waals surface area contributed by atoms with Crippen molar-refractivity contribution in [2.24, 2.45) is 0 Å². The van der Waals surface area contributed by atoms with Crippen molar-refractivity contribution in [3.63, 3.8) is 0 Å². The predicted molar refractivity (Wildman–Crippen MR) is 92.2 cm³/mol. The number of amides is 1. The van der Waals surface area contributed by atoms with E-state index in [1.165, 1.54) is 0 Å². The third-order valence-electron chi connectivity index (χ3n) is 4.80. The van der Waals surface area contributed by atoms with Gasteiger partial charge in [-0.05, 0) is 12.1 Å². The Morgan fingerprint density at radius 1 is 0.958 bits per heavy atom. The molecule has 0 radical (unpaired) electrons. The number of aliphatic hydroxyl groups is 1. The minimum Gasteiger partial charge on any atom is -0.395 e. The van der Waals surface area contributed by atoms with E-state index < -0.39 is 0 Å². The molecule has 1 aromatic heterocycles. The molecule has 2 aliphatic heterocycles. The van der Waals surface area contributed by atoms with Crippen LogP contribution < -0.4 is 9.80 Å². The molecule has 132 valence electrons. The van der Waals surface area contributed by atoms with E-state index in [4.69, 9.17) is 5.11 Å². The first-order valence-electron chi connectivity index (χ1n) is 8.60. The number of hydrogen-bond donors (Lipinski definition) is 1. The van der Waals surface area contributed by atoms with E-state index in [2.05, 4.69) is 24.9 Å². The summed E-state index contributed by atoms with van der Waals surface area (Å²) in [6, 6.07) is 4.05. The first kappa shape index (κ1) is 16.9. The number of hydrogen-bond acceptors (Lipinski definition) is 7. The minimum absolute atomic E-state index is 0.136. The quantitative estimate of drug-likeness (QED) is 0.777. The molecule has 8 nitrogen and oxygen atoms in total. The van der Waals surface area contributed by atoms with Crippen molar-refractivity contribution >= 4 is 17.5 Å². The molecule has 1 N–H and O–H groups in total. The fourth-order valence-electron chi connectivity index (χ4n) is 3.25. The summed E-state index contributed by atoms with van der Waals surface area (Å²) in [6.45, 7) is 9.35. The summed E-state index contributed by atoms with van der Waals surface area (Å²) >= 11 is 0. The maximum Gasteiger partial charge on any atom is 0.219 e. The number of piperazine rings is 2. The fourth-order valence-corrected chi connectivity index (χ4v) is 3.25. The second kappa shape index (κ2) is 7.76. The van der Waals surface area contributed by atoms with Gasteiger partial charge in [0.05, 0.1) is 6.61 Å². The first-order chi connectivity index (χ1) is 11.7. The molecule has 0 saturated carbocycles. The van der Waals surface area contributed by atoms with Gasteiger partial charge in [0.15, 0.2) is 11.6 Å². The van der Waals surface area contributed by atoms with E-state index >= 15 is 0 Å². The Morgan fingerprint density at radius 2 is 1.46 bits per heavy atom. The van der Waals surface area contributed by atoms with Crippen LogP contribution in [0.1, 0.15) is 6.92 Å². The minimum atomic E-state index is 0.136. The van der Waals surface area contributed by atoms with Crippen molar-refractivity contribution < 1.29 is 9.90 Å². The van der Waals surface area contributed by atoms with E-state index in [9.17, 15) is 4.79 Å². The molecule has 1 aromatic rings. The molecule has 8 heteroatoms. The predicted octanol–water partition coefficient (Wildman–Crippen LogP) is -0.741. The Kier molecular flexibility index (Phi) is 5.47. The zero-order valence-corrected chi connectivity index (χ0v) is 14.3. The lowest BCUT2D eigenvalue weighted by molar-refractivity contribution is -0.129. The van der Waals surface area contributed by atoms with Crippen LogP contribution in [-0.2, 0) is 4.79 Å². The van der Waals surface area contributed by atoms with Crippen LogP contribution in [0.25, 0.3) is 0 Å². The molecule has 0 aromatic carbocycles. The molecule has 2 fully saturated rings. The Bertz CT molecular complexity index is 536. The third kappa shape index (κ3) is 3.93. The third-order valence-corrected chi connectivity index (χ3v) is 4.80. The summed E-state index contributed by atoms with van der Waals surface area (Å²) < 4.78 is 0. The Labute approximate surface area is 142 Å². The number of rotatable bonds is 4. The Hall–Kier alpha value is -1.93. The van der Waals surface area contributed by atoms with Crippen molar-refractivity contribution in [2.75, 3.05) is 75.3 Å². The molecule has 0 aliphatic carbocycles. The van der Waals surface area contributed by atoms with Gasteiger partial charge in [0.2, 0.25) is 5.91 Å². The van der Waals surface area contributed by atoms with Crippen LogP contribution in [0.3, 0.4) is 0 Å². The highest BCUT2D eigenvalue weighted by Gasteiger charge is 2.21. The zero-order chi connectivity index (χ0) is 16.9. The number of anilines is 2. The van der Waals surface area contributed by atoms with Gasteiger partial charge in [0.1, 0.15) is 0 Å². The largest absolute Gasteiger partial charge is 0.395 e. The maximum atomic E-state index is 11.4. The monoisotopic (exact) mass is 334 g/mol. The number of β-amino-alcohol motifs (C(OH)–C–C–N with tert-alkyl or cyclic N) is 1. The maximum absolute atomic E-state index is 11.4. The zero-order valence-electron chi connectivity index (χ0n) is 14.3. The lowest BCUT2D eigenvalue weighted by atomic mass is 10.3. The number of carbonyl (C=O) groups excluding carboxylic acids is 1. The Morgan fingerprint density at radius 3 is 1.88 bits per heavy atom. The number of aromatic nitrogens is 2. The van der Waals surface area contributed by atoms with E-state index in [0.717, 1.165) is 70.5 Å². The summed E-state index contributed by atoms with van der Waals surface area (Å²) in [5.41, 5.74) is 0. The molecule has 0 unspecified atom stereocenters. The summed E-state index contributed by atoms with van der Waals surface area (Å²) in [6.07, 6.45) is 0. The van der Waals surface area contributed by atoms with Gasteiger partial charge < -0.3 is 19.8 Å². The van der Waals surface area contributed by atoms with Crippen molar-refractivity contribution in [3.8, 4) is 0 Å². The van der Waals surface area contributed by atoms with Crippen LogP contribution in [-0.4, -0.2) is 96.5 Å². The lowest BCUT2D eigenvalue weighted by Gasteiger charge is -2.36. The van der Waals surface area contributed by atoms with Gasteiger partial charge >= 0.3 is 0 Å². The van der Waals surface area contributed by atoms with Crippen molar-refractivity contribution in [3.05, 3.63) is 12.1 Å². The number of carbonyl (C=O) groups is 1. The summed E-state index contributed by atoms with van der Waals surface area (Å²) in [4.78, 5) is 19.9. The highest BCUT2D eigenvalue weighted by Crippen LogP contribution is 2.17.